The van der Waals surface area contributed by atoms with Gasteiger partial charge in [0, 0.05) is 18.9 Å². The Balaban J connectivity index is 1.58. The lowest BCUT2D eigenvalue weighted by Crippen LogP contribution is -2.44. The molecule has 0 aliphatic carbocycles. The molecule has 0 spiro atoms. The summed E-state index contributed by atoms with van der Waals surface area (Å²) in [7, 11) is 1.65. The Labute approximate surface area is 180 Å². The third kappa shape index (κ3) is 3.08. The highest BCUT2D eigenvalue weighted by Gasteiger charge is 2.31. The quantitative estimate of drug-likeness (QED) is 0.469. The summed E-state index contributed by atoms with van der Waals surface area (Å²) in [6.07, 6.45) is 2.09. The van der Waals surface area contributed by atoms with E-state index in [2.05, 4.69) is 10.4 Å². The van der Waals surface area contributed by atoms with Gasteiger partial charge < -0.3 is 5.11 Å². The van der Waals surface area contributed by atoms with Crippen molar-refractivity contribution in [1.29, 1.82) is 0 Å². The lowest BCUT2D eigenvalue weighted by molar-refractivity contribution is -0.138. The van der Waals surface area contributed by atoms with E-state index in [1.807, 2.05) is 30.3 Å². The molecule has 162 valence electrons. The average Bonchev–Trinajstić information content (AvgIpc) is 3.26. The molecule has 2 N–H and O–H groups in total. The van der Waals surface area contributed by atoms with Crippen molar-refractivity contribution in [3.05, 3.63) is 53.1 Å². The van der Waals surface area contributed by atoms with Gasteiger partial charge >= 0.3 is 11.7 Å². The maximum Gasteiger partial charge on any atom is 0.329 e. The number of imide groups is 1. The molecule has 0 saturated carbocycles. The molecule has 10 heteroatoms. The molecule has 0 radical (unpaired) electrons. The lowest BCUT2D eigenvalue weighted by Gasteiger charge is -2.21. The van der Waals surface area contributed by atoms with Gasteiger partial charge in [0.05, 0.1) is 22.7 Å². The van der Waals surface area contributed by atoms with Gasteiger partial charge in [-0.15, -0.1) is 0 Å². The first-order chi connectivity index (χ1) is 15.3. The number of nitrogens with one attached hydrogen (secondary N) is 1. The number of aliphatic carboxylic acids is 1. The van der Waals surface area contributed by atoms with Crippen LogP contribution in [0.2, 0.25) is 0 Å². The molecule has 1 atom stereocenters. The molecule has 4 aromatic rings. The third-order valence-electron chi connectivity index (χ3n) is 5.87. The van der Waals surface area contributed by atoms with Crippen LogP contribution in [0.1, 0.15) is 18.9 Å². The predicted molar refractivity (Wildman–Crippen MR) is 115 cm³/mol. The molecule has 3 heterocycles. The molecule has 1 fully saturated rings. The van der Waals surface area contributed by atoms with E-state index in [0.29, 0.717) is 16.6 Å². The van der Waals surface area contributed by atoms with Crippen molar-refractivity contribution in [3.8, 4) is 11.1 Å². The van der Waals surface area contributed by atoms with E-state index in [1.54, 1.807) is 19.3 Å². The number of fused-ring (bicyclic) bond motifs is 2. The highest BCUT2D eigenvalue weighted by molar-refractivity contribution is 6.00. The normalized spacial score (nSPS) is 16.6. The number of aromatic nitrogens is 4. The fourth-order valence-electron chi connectivity index (χ4n) is 4.29. The number of rotatable bonds is 4. The molecule has 1 unspecified atom stereocenters. The van der Waals surface area contributed by atoms with Gasteiger partial charge in [-0.25, -0.2) is 4.79 Å². The van der Waals surface area contributed by atoms with Crippen molar-refractivity contribution in [2.24, 2.45) is 7.05 Å². The van der Waals surface area contributed by atoms with Crippen molar-refractivity contribution in [3.63, 3.8) is 0 Å². The Bertz CT molecular complexity index is 1490. The molecule has 1 aliphatic rings. The van der Waals surface area contributed by atoms with Gasteiger partial charge in [0.25, 0.3) is 0 Å². The minimum Gasteiger partial charge on any atom is -0.480 e. The number of benzene rings is 2. The fourth-order valence-corrected chi connectivity index (χ4v) is 4.29. The Morgan fingerprint density at radius 1 is 1.09 bits per heavy atom. The first-order valence-corrected chi connectivity index (χ1v) is 10.1. The summed E-state index contributed by atoms with van der Waals surface area (Å²) in [6, 6.07) is 10.4. The second kappa shape index (κ2) is 7.19. The zero-order valence-corrected chi connectivity index (χ0v) is 17.1. The van der Waals surface area contributed by atoms with E-state index in [-0.39, 0.29) is 31.0 Å². The van der Waals surface area contributed by atoms with Crippen LogP contribution in [0.25, 0.3) is 33.1 Å². The lowest BCUT2D eigenvalue weighted by atomic mass is 10.0. The molecule has 2 aromatic heterocycles. The van der Waals surface area contributed by atoms with Crippen molar-refractivity contribution in [2.75, 3.05) is 0 Å². The Morgan fingerprint density at radius 3 is 2.53 bits per heavy atom. The molecule has 1 saturated heterocycles. The van der Waals surface area contributed by atoms with E-state index in [0.717, 1.165) is 16.5 Å². The molecular formula is C22H19N5O5. The third-order valence-corrected chi connectivity index (χ3v) is 5.87. The van der Waals surface area contributed by atoms with Crippen LogP contribution < -0.4 is 11.0 Å². The molecular weight excluding hydrogens is 414 g/mol. The largest absolute Gasteiger partial charge is 0.480 e. The van der Waals surface area contributed by atoms with Gasteiger partial charge in [0.1, 0.15) is 12.6 Å². The number of nitrogens with zero attached hydrogens (tertiary/aromatic N) is 4. The number of carbonyl (C=O) groups is 3. The maximum absolute atomic E-state index is 12.9. The van der Waals surface area contributed by atoms with Gasteiger partial charge in [-0.05, 0) is 41.8 Å². The number of aryl methyl sites for hydroxylation is 1. The van der Waals surface area contributed by atoms with E-state index in [9.17, 15) is 19.2 Å². The first-order valence-electron chi connectivity index (χ1n) is 10.1. The van der Waals surface area contributed by atoms with E-state index < -0.39 is 17.9 Å². The number of carboxylic acids is 1. The standard InChI is InChI=1S/C22H19N5O5/c1-25-18-9-13(12-2-4-15-14(8-12)10-23-26(15)11-20(29)30)3-5-16(18)27(22(25)32)17-6-7-19(28)24-21(17)31/h2-5,8-10,17H,6-7,11H2,1H3,(H,29,30)(H,24,28,31). The summed E-state index contributed by atoms with van der Waals surface area (Å²) < 4.78 is 4.36. The molecule has 0 bridgehead atoms. The van der Waals surface area contributed by atoms with Crippen LogP contribution in [0, 0.1) is 0 Å². The van der Waals surface area contributed by atoms with E-state index in [1.165, 1.54) is 13.8 Å². The monoisotopic (exact) mass is 433 g/mol. The summed E-state index contributed by atoms with van der Waals surface area (Å²) in [5.74, 6) is -1.77. The Kier molecular flexibility index (Phi) is 4.43. The number of carboxylic acid groups (broad SMARTS) is 1. The minimum absolute atomic E-state index is 0.187. The highest BCUT2D eigenvalue weighted by Crippen LogP contribution is 2.29. The number of hydrogen-bond donors (Lipinski definition) is 2. The van der Waals surface area contributed by atoms with Crippen LogP contribution in [-0.2, 0) is 28.0 Å². The van der Waals surface area contributed by atoms with Gasteiger partial charge in [0.15, 0.2) is 0 Å². The van der Waals surface area contributed by atoms with Gasteiger partial charge in [0.2, 0.25) is 11.8 Å². The van der Waals surface area contributed by atoms with Crippen LogP contribution in [-0.4, -0.2) is 41.8 Å². The number of piperidine rings is 1. The van der Waals surface area contributed by atoms with Gasteiger partial charge in [-0.1, -0.05) is 12.1 Å². The molecule has 5 rings (SSSR count). The van der Waals surface area contributed by atoms with Crippen molar-refractivity contribution >= 4 is 39.7 Å². The maximum atomic E-state index is 12.9. The number of amides is 2. The second-order valence-electron chi connectivity index (χ2n) is 7.85. The Morgan fingerprint density at radius 2 is 1.81 bits per heavy atom. The zero-order valence-electron chi connectivity index (χ0n) is 17.1. The first kappa shape index (κ1) is 19.7. The Hall–Kier alpha value is -4.21. The summed E-state index contributed by atoms with van der Waals surface area (Å²) in [5, 5.41) is 16.3. The van der Waals surface area contributed by atoms with Crippen molar-refractivity contribution in [2.45, 2.75) is 25.4 Å². The summed E-state index contributed by atoms with van der Waals surface area (Å²) in [5.41, 5.74) is 3.42. The van der Waals surface area contributed by atoms with Crippen LogP contribution in [0.15, 0.2) is 47.4 Å². The van der Waals surface area contributed by atoms with Gasteiger partial charge in [-0.2, -0.15) is 5.10 Å². The number of imidazole rings is 1. The van der Waals surface area contributed by atoms with Crippen LogP contribution in [0.4, 0.5) is 0 Å². The van der Waals surface area contributed by atoms with E-state index >= 15 is 0 Å². The van der Waals surface area contributed by atoms with Crippen LogP contribution >= 0.6 is 0 Å². The SMILES string of the molecule is Cn1c(=O)n(C2CCC(=O)NC2=O)c2ccc(-c3ccc4c(cnn4CC(=O)O)c3)cc21. The van der Waals surface area contributed by atoms with Crippen molar-refractivity contribution in [1.82, 2.24) is 24.2 Å². The summed E-state index contributed by atoms with van der Waals surface area (Å²) >= 11 is 0. The van der Waals surface area contributed by atoms with Gasteiger partial charge in [-0.3, -0.25) is 33.5 Å². The van der Waals surface area contributed by atoms with Crippen LogP contribution in [0.3, 0.4) is 0 Å². The topological polar surface area (TPSA) is 128 Å². The molecule has 2 aromatic carbocycles. The molecule has 32 heavy (non-hydrogen) atoms. The molecule has 2 amide bonds. The fraction of sp³-hybridized carbons (Fsp3) is 0.227. The van der Waals surface area contributed by atoms with Crippen LogP contribution in [0.5, 0.6) is 0 Å². The highest BCUT2D eigenvalue weighted by atomic mass is 16.4. The smallest absolute Gasteiger partial charge is 0.329 e. The zero-order chi connectivity index (χ0) is 22.6. The van der Waals surface area contributed by atoms with E-state index in [4.69, 9.17) is 5.11 Å². The average molecular weight is 433 g/mol. The van der Waals surface area contributed by atoms with Crippen molar-refractivity contribution < 1.29 is 19.5 Å². The molecule has 1 aliphatic heterocycles. The summed E-state index contributed by atoms with van der Waals surface area (Å²) in [4.78, 5) is 47.8. The minimum atomic E-state index is -0.967. The second-order valence-corrected chi connectivity index (χ2v) is 7.85. The predicted octanol–water partition coefficient (Wildman–Crippen LogP) is 1.42. The number of carbonyl (C=O) groups excluding carboxylic acids is 2. The number of hydrogen-bond acceptors (Lipinski definition) is 5. The molecule has 10 nitrogen and oxygen atoms in total. The summed E-state index contributed by atoms with van der Waals surface area (Å²) in [6.45, 7) is -0.217.